The minimum atomic E-state index is 0.0202. The minimum Gasteiger partial charge on any atom is -0.382 e. The van der Waals surface area contributed by atoms with E-state index in [2.05, 4.69) is 4.89 Å². The summed E-state index contributed by atoms with van der Waals surface area (Å²) < 4.78 is 10.1. The van der Waals surface area contributed by atoms with Crippen molar-refractivity contribution in [3.63, 3.8) is 0 Å². The third-order valence-electron chi connectivity index (χ3n) is 1.42. The summed E-state index contributed by atoms with van der Waals surface area (Å²) >= 11 is 0. The van der Waals surface area contributed by atoms with Crippen LogP contribution < -0.4 is 0 Å². The molecule has 4 heteroatoms. The second kappa shape index (κ2) is 8.93. The molecule has 0 aliphatic rings. The fourth-order valence-electron chi connectivity index (χ4n) is 0.707. The van der Waals surface area contributed by atoms with Gasteiger partial charge in [0.2, 0.25) is 0 Å². The van der Waals surface area contributed by atoms with E-state index in [0.29, 0.717) is 19.8 Å². The fraction of sp³-hybridized carbons (Fsp3) is 1.00. The van der Waals surface area contributed by atoms with Crippen LogP contribution >= 0.6 is 0 Å². The summed E-state index contributed by atoms with van der Waals surface area (Å²) in [5, 5.41) is 0. The van der Waals surface area contributed by atoms with E-state index in [-0.39, 0.29) is 6.10 Å². The third-order valence-corrected chi connectivity index (χ3v) is 1.42. The highest BCUT2D eigenvalue weighted by molar-refractivity contribution is 4.49. The van der Waals surface area contributed by atoms with Gasteiger partial charge in [-0.3, -0.25) is 0 Å². The zero-order chi connectivity index (χ0) is 9.23. The van der Waals surface area contributed by atoms with Gasteiger partial charge in [0.05, 0.1) is 26.9 Å². The van der Waals surface area contributed by atoms with E-state index in [9.17, 15) is 0 Å². The van der Waals surface area contributed by atoms with Crippen molar-refractivity contribution in [1.82, 2.24) is 0 Å². The van der Waals surface area contributed by atoms with Gasteiger partial charge in [0.15, 0.2) is 0 Å². The number of hydrogen-bond donors (Lipinski definition) is 0. The molecule has 0 amide bonds. The summed E-state index contributed by atoms with van der Waals surface area (Å²) in [4.78, 5) is 9.45. The Hall–Kier alpha value is -0.160. The molecule has 0 saturated heterocycles. The lowest BCUT2D eigenvalue weighted by Gasteiger charge is -2.12. The molecule has 0 N–H and O–H groups in total. The van der Waals surface area contributed by atoms with Crippen molar-refractivity contribution >= 4 is 0 Å². The highest BCUT2D eigenvalue weighted by Crippen LogP contribution is 1.98. The van der Waals surface area contributed by atoms with E-state index in [0.717, 1.165) is 6.42 Å². The molecular weight excluding hydrogens is 160 g/mol. The smallest absolute Gasteiger partial charge is 0.116 e. The lowest BCUT2D eigenvalue weighted by molar-refractivity contribution is -0.312. The summed E-state index contributed by atoms with van der Waals surface area (Å²) in [5.74, 6) is 0. The van der Waals surface area contributed by atoms with Crippen molar-refractivity contribution < 1.29 is 19.2 Å². The molecule has 4 nitrogen and oxygen atoms in total. The van der Waals surface area contributed by atoms with Crippen molar-refractivity contribution in [2.75, 3.05) is 34.0 Å². The van der Waals surface area contributed by atoms with Gasteiger partial charge >= 0.3 is 0 Å². The molecule has 74 valence electrons. The van der Waals surface area contributed by atoms with Crippen molar-refractivity contribution in [2.24, 2.45) is 0 Å². The van der Waals surface area contributed by atoms with Crippen LogP contribution in [0.1, 0.15) is 13.3 Å². The van der Waals surface area contributed by atoms with E-state index in [1.165, 1.54) is 7.11 Å². The van der Waals surface area contributed by atoms with E-state index in [1.807, 2.05) is 6.92 Å². The molecule has 0 aliphatic heterocycles. The van der Waals surface area contributed by atoms with Crippen LogP contribution in [0.2, 0.25) is 0 Å². The zero-order valence-corrected chi connectivity index (χ0v) is 8.04. The fourth-order valence-corrected chi connectivity index (χ4v) is 0.707. The Morgan fingerprint density at radius 1 is 1.17 bits per heavy atom. The monoisotopic (exact) mass is 178 g/mol. The Bertz CT molecular complexity index is 87.1. The molecule has 0 aromatic heterocycles. The molecular formula is C8H18O4. The van der Waals surface area contributed by atoms with Gasteiger partial charge in [-0.25, -0.2) is 9.78 Å². The summed E-state index contributed by atoms with van der Waals surface area (Å²) in [6, 6.07) is 0. The Morgan fingerprint density at radius 3 is 2.42 bits per heavy atom. The molecule has 0 bridgehead atoms. The van der Waals surface area contributed by atoms with Crippen molar-refractivity contribution in [1.29, 1.82) is 0 Å². The second-order valence-corrected chi connectivity index (χ2v) is 2.36. The first-order valence-corrected chi connectivity index (χ1v) is 4.11. The maximum atomic E-state index is 5.25. The van der Waals surface area contributed by atoms with Crippen LogP contribution in [0.25, 0.3) is 0 Å². The Morgan fingerprint density at radius 2 is 1.92 bits per heavy atom. The van der Waals surface area contributed by atoms with Crippen LogP contribution in [0.5, 0.6) is 0 Å². The average molecular weight is 178 g/mol. The molecule has 0 rings (SSSR count). The molecule has 1 unspecified atom stereocenters. The molecule has 0 saturated carbocycles. The maximum absolute atomic E-state index is 5.25. The largest absolute Gasteiger partial charge is 0.382 e. The predicted molar refractivity (Wildman–Crippen MR) is 44.9 cm³/mol. The Labute approximate surface area is 73.7 Å². The van der Waals surface area contributed by atoms with Crippen molar-refractivity contribution in [2.45, 2.75) is 19.4 Å². The molecule has 0 aliphatic carbocycles. The lowest BCUT2D eigenvalue weighted by Crippen LogP contribution is -2.19. The van der Waals surface area contributed by atoms with Gasteiger partial charge < -0.3 is 9.47 Å². The number of ether oxygens (including phenoxy) is 2. The van der Waals surface area contributed by atoms with Gasteiger partial charge in [-0.2, -0.15) is 0 Å². The Kier molecular flexibility index (Phi) is 8.81. The standard InChI is InChI=1S/C8H18O4/c1-4-8(12-10-3)7-11-6-5-9-2/h8H,4-7H2,1-3H3. The van der Waals surface area contributed by atoms with E-state index in [4.69, 9.17) is 14.4 Å². The maximum Gasteiger partial charge on any atom is 0.116 e. The predicted octanol–water partition coefficient (Wildman–Crippen LogP) is 1.01. The van der Waals surface area contributed by atoms with Gasteiger partial charge in [-0.05, 0) is 6.42 Å². The van der Waals surface area contributed by atoms with Crippen LogP contribution in [0.3, 0.4) is 0 Å². The third kappa shape index (κ3) is 6.54. The minimum absolute atomic E-state index is 0.0202. The van der Waals surface area contributed by atoms with E-state index < -0.39 is 0 Å². The van der Waals surface area contributed by atoms with Crippen LogP contribution in [-0.2, 0) is 19.2 Å². The molecule has 0 aromatic carbocycles. The number of rotatable bonds is 8. The van der Waals surface area contributed by atoms with Gasteiger partial charge in [0.1, 0.15) is 6.10 Å². The topological polar surface area (TPSA) is 36.9 Å². The van der Waals surface area contributed by atoms with Gasteiger partial charge in [0, 0.05) is 7.11 Å². The zero-order valence-electron chi connectivity index (χ0n) is 8.04. The molecule has 12 heavy (non-hydrogen) atoms. The summed E-state index contributed by atoms with van der Waals surface area (Å²) in [7, 11) is 3.14. The Balaban J connectivity index is 3.19. The van der Waals surface area contributed by atoms with Gasteiger partial charge in [-0.15, -0.1) is 0 Å². The molecule has 0 aromatic rings. The average Bonchev–Trinajstić information content (AvgIpc) is 2.10. The number of methoxy groups -OCH3 is 1. The molecule has 0 radical (unpaired) electrons. The molecule has 0 fully saturated rings. The van der Waals surface area contributed by atoms with Gasteiger partial charge in [-0.1, -0.05) is 6.92 Å². The van der Waals surface area contributed by atoms with Crippen molar-refractivity contribution in [3.05, 3.63) is 0 Å². The quantitative estimate of drug-likeness (QED) is 0.316. The normalized spacial score (nSPS) is 13.2. The molecule has 1 atom stereocenters. The summed E-state index contributed by atoms with van der Waals surface area (Å²) in [6.45, 7) is 3.78. The molecule has 0 heterocycles. The van der Waals surface area contributed by atoms with Crippen LogP contribution in [0, 0.1) is 0 Å². The first kappa shape index (κ1) is 11.8. The molecule has 0 spiro atoms. The first-order chi connectivity index (χ1) is 5.85. The number of hydrogen-bond acceptors (Lipinski definition) is 4. The second-order valence-electron chi connectivity index (χ2n) is 2.36. The summed E-state index contributed by atoms with van der Waals surface area (Å²) in [6.07, 6.45) is 0.896. The highest BCUT2D eigenvalue weighted by atomic mass is 17.2. The van der Waals surface area contributed by atoms with E-state index in [1.54, 1.807) is 7.11 Å². The lowest BCUT2D eigenvalue weighted by atomic mass is 10.3. The van der Waals surface area contributed by atoms with Gasteiger partial charge in [0.25, 0.3) is 0 Å². The summed E-state index contributed by atoms with van der Waals surface area (Å²) in [5.41, 5.74) is 0. The highest BCUT2D eigenvalue weighted by Gasteiger charge is 2.06. The van der Waals surface area contributed by atoms with E-state index >= 15 is 0 Å². The van der Waals surface area contributed by atoms with Crippen LogP contribution in [0.4, 0.5) is 0 Å². The van der Waals surface area contributed by atoms with Crippen LogP contribution in [0.15, 0.2) is 0 Å². The SMILES string of the molecule is CCC(COCCOC)OOC. The van der Waals surface area contributed by atoms with Crippen LogP contribution in [-0.4, -0.2) is 40.1 Å². The van der Waals surface area contributed by atoms with Crippen molar-refractivity contribution in [3.8, 4) is 0 Å². The first-order valence-electron chi connectivity index (χ1n) is 4.11.